The average molecular weight is 489 g/mol. The van der Waals surface area contributed by atoms with Crippen molar-refractivity contribution in [2.75, 3.05) is 6.61 Å². The van der Waals surface area contributed by atoms with Crippen LogP contribution in [-0.4, -0.2) is 12.6 Å². The highest BCUT2D eigenvalue weighted by atomic mass is 19.2. The molecule has 6 heteroatoms. The number of rotatable bonds is 7. The SMILES string of the molecule is CC=Cc1ccc(-c2ccc(C(=O)Oc3ccc(-c4ccc(OCC)c(F)c4)cc3)c(F)c2F)cc1. The fourth-order valence-electron chi connectivity index (χ4n) is 3.73. The van der Waals surface area contributed by atoms with Crippen LogP contribution in [0.2, 0.25) is 0 Å². The summed E-state index contributed by atoms with van der Waals surface area (Å²) in [6.07, 6.45) is 3.77. The van der Waals surface area contributed by atoms with Crippen LogP contribution >= 0.6 is 0 Å². The summed E-state index contributed by atoms with van der Waals surface area (Å²) >= 11 is 0. The Morgan fingerprint density at radius 3 is 2.11 bits per heavy atom. The zero-order valence-corrected chi connectivity index (χ0v) is 19.7. The van der Waals surface area contributed by atoms with E-state index in [1.807, 2.05) is 19.1 Å². The smallest absolute Gasteiger partial charge is 0.346 e. The maximum absolute atomic E-state index is 14.8. The molecule has 4 aromatic rings. The molecule has 0 spiro atoms. The first-order valence-electron chi connectivity index (χ1n) is 11.4. The molecule has 0 aliphatic carbocycles. The van der Waals surface area contributed by atoms with E-state index in [2.05, 4.69) is 0 Å². The van der Waals surface area contributed by atoms with Crippen molar-refractivity contribution in [2.45, 2.75) is 13.8 Å². The number of benzene rings is 4. The van der Waals surface area contributed by atoms with Crippen molar-refractivity contribution < 1.29 is 27.4 Å². The monoisotopic (exact) mass is 488 g/mol. The Morgan fingerprint density at radius 2 is 1.47 bits per heavy atom. The first kappa shape index (κ1) is 24.8. The standard InChI is InChI=1S/C30H23F3O3/c1-3-5-19-6-8-21(9-7-19)24-15-16-25(29(33)28(24)32)30(34)36-23-13-10-20(11-14-23)22-12-17-27(35-4-2)26(31)18-22/h3,5-18H,4H2,1-2H3. The number of esters is 1. The molecule has 3 nitrogen and oxygen atoms in total. The van der Waals surface area contributed by atoms with Gasteiger partial charge in [0.25, 0.3) is 0 Å². The zero-order valence-electron chi connectivity index (χ0n) is 19.7. The van der Waals surface area contributed by atoms with E-state index in [-0.39, 0.29) is 17.1 Å². The van der Waals surface area contributed by atoms with Crippen LogP contribution in [0.5, 0.6) is 11.5 Å². The third kappa shape index (κ3) is 5.33. The van der Waals surface area contributed by atoms with Crippen LogP contribution in [-0.2, 0) is 0 Å². The van der Waals surface area contributed by atoms with Crippen LogP contribution in [0.15, 0.2) is 84.9 Å². The van der Waals surface area contributed by atoms with Gasteiger partial charge < -0.3 is 9.47 Å². The Balaban J connectivity index is 1.50. The van der Waals surface area contributed by atoms with Crippen molar-refractivity contribution in [3.05, 3.63) is 114 Å². The van der Waals surface area contributed by atoms with Gasteiger partial charge in [-0.3, -0.25) is 0 Å². The van der Waals surface area contributed by atoms with E-state index in [1.165, 1.54) is 30.3 Å². The highest BCUT2D eigenvalue weighted by Gasteiger charge is 2.21. The Bertz CT molecular complexity index is 1410. The summed E-state index contributed by atoms with van der Waals surface area (Å²) in [5.74, 6) is -3.62. The van der Waals surface area contributed by atoms with Crippen molar-refractivity contribution in [3.63, 3.8) is 0 Å². The molecule has 0 bridgehead atoms. The Morgan fingerprint density at radius 1 is 0.806 bits per heavy atom. The van der Waals surface area contributed by atoms with E-state index in [0.717, 1.165) is 5.56 Å². The van der Waals surface area contributed by atoms with Gasteiger partial charge in [0.15, 0.2) is 23.2 Å². The summed E-state index contributed by atoms with van der Waals surface area (Å²) < 4.78 is 54.2. The second-order valence-electron chi connectivity index (χ2n) is 7.90. The van der Waals surface area contributed by atoms with Gasteiger partial charge >= 0.3 is 5.97 Å². The molecule has 4 rings (SSSR count). The van der Waals surface area contributed by atoms with Crippen molar-refractivity contribution >= 4 is 12.0 Å². The molecule has 4 aromatic carbocycles. The molecule has 0 aliphatic heterocycles. The number of hydrogen-bond acceptors (Lipinski definition) is 3. The number of carbonyl (C=O) groups is 1. The molecule has 182 valence electrons. The van der Waals surface area contributed by atoms with Gasteiger partial charge in [0.2, 0.25) is 0 Å². The minimum Gasteiger partial charge on any atom is -0.491 e. The van der Waals surface area contributed by atoms with E-state index in [9.17, 15) is 18.0 Å². The van der Waals surface area contributed by atoms with Gasteiger partial charge in [0.05, 0.1) is 12.2 Å². The summed E-state index contributed by atoms with van der Waals surface area (Å²) in [6.45, 7) is 4.01. The number of hydrogen-bond donors (Lipinski definition) is 0. The van der Waals surface area contributed by atoms with E-state index in [1.54, 1.807) is 55.5 Å². The van der Waals surface area contributed by atoms with Crippen molar-refractivity contribution in [1.29, 1.82) is 0 Å². The third-order valence-electron chi connectivity index (χ3n) is 5.51. The molecule has 0 fully saturated rings. The molecular formula is C30H23F3O3. The van der Waals surface area contributed by atoms with Crippen LogP contribution in [0.1, 0.15) is 29.8 Å². The summed E-state index contributed by atoms with van der Waals surface area (Å²) in [4.78, 5) is 12.6. The number of allylic oxidation sites excluding steroid dienone is 1. The average Bonchev–Trinajstić information content (AvgIpc) is 2.88. The van der Waals surface area contributed by atoms with E-state index in [4.69, 9.17) is 9.47 Å². The molecule has 0 amide bonds. The highest BCUT2D eigenvalue weighted by Crippen LogP contribution is 2.29. The molecule has 36 heavy (non-hydrogen) atoms. The summed E-state index contributed by atoms with van der Waals surface area (Å²) in [5.41, 5.74) is 2.24. The molecule has 0 N–H and O–H groups in total. The van der Waals surface area contributed by atoms with E-state index in [0.29, 0.717) is 23.3 Å². The number of ether oxygens (including phenoxy) is 2. The van der Waals surface area contributed by atoms with Crippen LogP contribution in [0.25, 0.3) is 28.3 Å². The predicted molar refractivity (Wildman–Crippen MR) is 134 cm³/mol. The topological polar surface area (TPSA) is 35.5 Å². The minimum atomic E-state index is -1.28. The molecule has 0 radical (unpaired) electrons. The van der Waals surface area contributed by atoms with Gasteiger partial charge in [-0.05, 0) is 66.4 Å². The second-order valence-corrected chi connectivity index (χ2v) is 7.90. The maximum atomic E-state index is 14.8. The molecule has 0 saturated heterocycles. The Kier molecular flexibility index (Phi) is 7.54. The normalized spacial score (nSPS) is 11.0. The highest BCUT2D eigenvalue weighted by molar-refractivity contribution is 5.92. The van der Waals surface area contributed by atoms with Crippen molar-refractivity contribution in [3.8, 4) is 33.8 Å². The minimum absolute atomic E-state index is 0.0445. The lowest BCUT2D eigenvalue weighted by atomic mass is 10.0. The van der Waals surface area contributed by atoms with Gasteiger partial charge in [0, 0.05) is 5.56 Å². The second kappa shape index (κ2) is 11.0. The van der Waals surface area contributed by atoms with Crippen LogP contribution < -0.4 is 9.47 Å². The lowest BCUT2D eigenvalue weighted by Crippen LogP contribution is -2.12. The van der Waals surface area contributed by atoms with Crippen LogP contribution in [0, 0.1) is 17.5 Å². The summed E-state index contributed by atoms with van der Waals surface area (Å²) in [5, 5.41) is 0. The molecule has 0 aromatic heterocycles. The van der Waals surface area contributed by atoms with Gasteiger partial charge in [-0.1, -0.05) is 60.7 Å². The zero-order chi connectivity index (χ0) is 25.7. The molecule has 0 unspecified atom stereocenters. The summed E-state index contributed by atoms with van der Waals surface area (Å²) in [6, 6.07) is 20.4. The van der Waals surface area contributed by atoms with Gasteiger partial charge in [-0.25, -0.2) is 18.0 Å². The first-order chi connectivity index (χ1) is 17.4. The largest absolute Gasteiger partial charge is 0.491 e. The predicted octanol–water partition coefficient (Wildman–Crippen LogP) is 8.09. The van der Waals surface area contributed by atoms with Crippen molar-refractivity contribution in [2.24, 2.45) is 0 Å². The van der Waals surface area contributed by atoms with Gasteiger partial charge in [0.1, 0.15) is 5.75 Å². The molecule has 0 heterocycles. The Hall–Kier alpha value is -4.32. The van der Waals surface area contributed by atoms with Crippen LogP contribution in [0.4, 0.5) is 13.2 Å². The lowest BCUT2D eigenvalue weighted by molar-refractivity contribution is 0.0728. The fourth-order valence-corrected chi connectivity index (χ4v) is 3.73. The van der Waals surface area contributed by atoms with Crippen LogP contribution in [0.3, 0.4) is 0 Å². The fraction of sp³-hybridized carbons (Fsp3) is 0.100. The Labute approximate surface area is 207 Å². The number of carbonyl (C=O) groups excluding carboxylic acids is 1. The van der Waals surface area contributed by atoms with Crippen molar-refractivity contribution in [1.82, 2.24) is 0 Å². The van der Waals surface area contributed by atoms with Gasteiger partial charge in [-0.15, -0.1) is 0 Å². The third-order valence-corrected chi connectivity index (χ3v) is 5.51. The molecule has 0 aliphatic rings. The van der Waals surface area contributed by atoms with Gasteiger partial charge in [-0.2, -0.15) is 0 Å². The lowest BCUT2D eigenvalue weighted by Gasteiger charge is -2.10. The van der Waals surface area contributed by atoms with E-state index < -0.39 is 29.0 Å². The summed E-state index contributed by atoms with van der Waals surface area (Å²) in [7, 11) is 0. The molecule has 0 saturated carbocycles. The molecule has 0 atom stereocenters. The quantitative estimate of drug-likeness (QED) is 0.195. The molecular weight excluding hydrogens is 465 g/mol. The maximum Gasteiger partial charge on any atom is 0.346 e. The number of halogens is 3. The van der Waals surface area contributed by atoms with E-state index >= 15 is 0 Å². The first-order valence-corrected chi connectivity index (χ1v) is 11.4.